The van der Waals surface area contributed by atoms with E-state index in [0.717, 1.165) is 35.7 Å². The Morgan fingerprint density at radius 1 is 1.24 bits per heavy atom. The van der Waals surface area contributed by atoms with Crippen LogP contribution in [0.3, 0.4) is 0 Å². The van der Waals surface area contributed by atoms with Crippen LogP contribution in [0.4, 0.5) is 5.82 Å². The summed E-state index contributed by atoms with van der Waals surface area (Å²) in [6.45, 7) is 6.67. The van der Waals surface area contributed by atoms with Gasteiger partial charge in [-0.25, -0.2) is 9.97 Å². The third-order valence-corrected chi connectivity index (χ3v) is 4.34. The molecule has 0 unspecified atom stereocenters. The number of halogens is 1. The Hall–Kier alpha value is -1.39. The Morgan fingerprint density at radius 2 is 2.00 bits per heavy atom. The van der Waals surface area contributed by atoms with E-state index in [1.54, 1.807) is 0 Å². The first-order valence-corrected chi connectivity index (χ1v) is 7.98. The summed E-state index contributed by atoms with van der Waals surface area (Å²) in [7, 11) is 0. The molecule has 1 saturated heterocycles. The molecule has 0 bridgehead atoms. The molecule has 0 spiro atoms. The molecule has 5 heteroatoms. The molecule has 1 aromatic heterocycles. The van der Waals surface area contributed by atoms with Crippen molar-refractivity contribution >= 4 is 28.3 Å². The zero-order chi connectivity index (χ0) is 14.7. The summed E-state index contributed by atoms with van der Waals surface area (Å²) in [4.78, 5) is 11.1. The van der Waals surface area contributed by atoms with Crippen molar-refractivity contribution in [1.29, 1.82) is 0 Å². The Labute approximate surface area is 130 Å². The summed E-state index contributed by atoms with van der Waals surface area (Å²) in [5, 5.41) is 4.73. The van der Waals surface area contributed by atoms with Crippen molar-refractivity contribution in [2.45, 2.75) is 19.8 Å². The minimum atomic E-state index is 0.294. The van der Waals surface area contributed by atoms with Gasteiger partial charge in [0.15, 0.2) is 0 Å². The molecular weight excluding hydrogens is 284 g/mol. The molecule has 1 N–H and O–H groups in total. The van der Waals surface area contributed by atoms with Crippen LogP contribution in [0.25, 0.3) is 10.9 Å². The van der Waals surface area contributed by atoms with Crippen molar-refractivity contribution in [3.8, 4) is 0 Å². The lowest BCUT2D eigenvalue weighted by Crippen LogP contribution is -2.36. The van der Waals surface area contributed by atoms with Gasteiger partial charge in [0.1, 0.15) is 5.82 Å². The average molecular weight is 305 g/mol. The number of hydrogen-bond acceptors (Lipinski definition) is 4. The number of rotatable bonds is 4. The highest BCUT2D eigenvalue weighted by molar-refractivity contribution is 6.28. The Balaban J connectivity index is 1.63. The second-order valence-electron chi connectivity index (χ2n) is 5.81. The van der Waals surface area contributed by atoms with Crippen LogP contribution in [0.2, 0.25) is 5.28 Å². The number of likely N-dealkylation sites (tertiary alicyclic amines) is 1. The molecule has 0 aliphatic carbocycles. The van der Waals surface area contributed by atoms with E-state index in [4.69, 9.17) is 11.6 Å². The van der Waals surface area contributed by atoms with Gasteiger partial charge in [0.25, 0.3) is 0 Å². The van der Waals surface area contributed by atoms with Crippen LogP contribution in [0.15, 0.2) is 24.3 Å². The summed E-state index contributed by atoms with van der Waals surface area (Å²) < 4.78 is 0. The molecule has 2 heterocycles. The summed E-state index contributed by atoms with van der Waals surface area (Å²) in [6, 6.07) is 7.94. The average Bonchev–Trinajstić information content (AvgIpc) is 2.49. The molecule has 1 aliphatic heterocycles. The zero-order valence-electron chi connectivity index (χ0n) is 12.3. The van der Waals surface area contributed by atoms with Gasteiger partial charge >= 0.3 is 0 Å². The first kappa shape index (κ1) is 14.5. The number of hydrogen-bond donors (Lipinski definition) is 1. The number of piperidine rings is 1. The Bertz CT molecular complexity index is 608. The maximum Gasteiger partial charge on any atom is 0.224 e. The topological polar surface area (TPSA) is 41.0 Å². The molecule has 1 fully saturated rings. The number of aromatic nitrogens is 2. The van der Waals surface area contributed by atoms with Gasteiger partial charge in [-0.15, -0.1) is 0 Å². The van der Waals surface area contributed by atoms with E-state index in [0.29, 0.717) is 5.28 Å². The van der Waals surface area contributed by atoms with Gasteiger partial charge in [0.2, 0.25) is 5.28 Å². The van der Waals surface area contributed by atoms with Crippen molar-refractivity contribution < 1.29 is 0 Å². The smallest absolute Gasteiger partial charge is 0.224 e. The highest BCUT2D eigenvalue weighted by Gasteiger charge is 2.15. The fraction of sp³-hybridized carbons (Fsp3) is 0.500. The molecular formula is C16H21ClN4. The number of nitrogens with one attached hydrogen (secondary N) is 1. The highest BCUT2D eigenvalue weighted by atomic mass is 35.5. The van der Waals surface area contributed by atoms with Gasteiger partial charge in [-0.2, -0.15) is 0 Å². The molecule has 21 heavy (non-hydrogen) atoms. The van der Waals surface area contributed by atoms with Crippen LogP contribution in [0.1, 0.15) is 19.8 Å². The third-order valence-electron chi connectivity index (χ3n) is 4.17. The van der Waals surface area contributed by atoms with E-state index in [1.807, 2.05) is 24.3 Å². The van der Waals surface area contributed by atoms with Gasteiger partial charge < -0.3 is 10.2 Å². The Morgan fingerprint density at radius 3 is 2.81 bits per heavy atom. The molecule has 0 radical (unpaired) electrons. The van der Waals surface area contributed by atoms with Crippen LogP contribution in [-0.4, -0.2) is 41.0 Å². The first-order chi connectivity index (χ1) is 10.2. The van der Waals surface area contributed by atoms with Crippen molar-refractivity contribution in [3.63, 3.8) is 0 Å². The van der Waals surface area contributed by atoms with E-state index in [1.165, 1.54) is 25.9 Å². The normalized spacial score (nSPS) is 17.2. The lowest BCUT2D eigenvalue weighted by Gasteiger charge is -2.30. The summed E-state index contributed by atoms with van der Waals surface area (Å²) in [6.07, 6.45) is 2.62. The quantitative estimate of drug-likeness (QED) is 0.879. The molecule has 112 valence electrons. The van der Waals surface area contributed by atoms with Gasteiger partial charge in [-0.05, 0) is 55.6 Å². The zero-order valence-corrected chi connectivity index (χ0v) is 13.1. The largest absolute Gasteiger partial charge is 0.368 e. The van der Waals surface area contributed by atoms with Gasteiger partial charge in [0.05, 0.1) is 5.52 Å². The Kier molecular flexibility index (Phi) is 4.56. The number of fused-ring (bicyclic) bond motifs is 1. The van der Waals surface area contributed by atoms with Gasteiger partial charge in [-0.3, -0.25) is 0 Å². The molecule has 2 aromatic rings. The maximum absolute atomic E-state index is 5.99. The van der Waals surface area contributed by atoms with E-state index >= 15 is 0 Å². The molecule has 1 aromatic carbocycles. The minimum absolute atomic E-state index is 0.294. The van der Waals surface area contributed by atoms with Crippen LogP contribution in [0, 0.1) is 5.92 Å². The monoisotopic (exact) mass is 304 g/mol. The van der Waals surface area contributed by atoms with Crippen molar-refractivity contribution in [1.82, 2.24) is 14.9 Å². The summed E-state index contributed by atoms with van der Waals surface area (Å²) in [5.74, 6) is 1.70. The molecule has 1 aliphatic rings. The van der Waals surface area contributed by atoms with Crippen LogP contribution < -0.4 is 5.32 Å². The maximum atomic E-state index is 5.99. The fourth-order valence-corrected chi connectivity index (χ4v) is 2.98. The van der Waals surface area contributed by atoms with E-state index in [-0.39, 0.29) is 0 Å². The molecule has 0 atom stereocenters. The van der Waals surface area contributed by atoms with E-state index in [2.05, 4.69) is 27.1 Å². The van der Waals surface area contributed by atoms with Gasteiger partial charge in [-0.1, -0.05) is 19.1 Å². The molecule has 0 saturated carbocycles. The minimum Gasteiger partial charge on any atom is -0.368 e. The van der Waals surface area contributed by atoms with E-state index < -0.39 is 0 Å². The molecule has 4 nitrogen and oxygen atoms in total. The fourth-order valence-electron chi connectivity index (χ4n) is 2.80. The molecule has 3 rings (SSSR count). The first-order valence-electron chi connectivity index (χ1n) is 7.61. The predicted octanol–water partition coefficient (Wildman–Crippen LogP) is 3.43. The molecule has 0 amide bonds. The van der Waals surface area contributed by atoms with Crippen LogP contribution in [-0.2, 0) is 0 Å². The number of nitrogens with zero attached hydrogens (tertiary/aromatic N) is 3. The number of anilines is 1. The van der Waals surface area contributed by atoms with Crippen LogP contribution in [0.5, 0.6) is 0 Å². The third kappa shape index (κ3) is 3.63. The van der Waals surface area contributed by atoms with Crippen molar-refractivity contribution in [3.05, 3.63) is 29.5 Å². The second kappa shape index (κ2) is 6.58. The SMILES string of the molecule is CC1CCN(CCNc2nc(Cl)nc3ccccc23)CC1. The standard InChI is InChI=1S/C16H21ClN4/c1-12-6-9-21(10-7-12)11-8-18-15-13-4-2-3-5-14(13)19-16(17)20-15/h2-5,12H,6-11H2,1H3,(H,18,19,20). The van der Waals surface area contributed by atoms with Crippen molar-refractivity contribution in [2.24, 2.45) is 5.92 Å². The number of para-hydroxylation sites is 1. The number of benzene rings is 1. The lowest BCUT2D eigenvalue weighted by atomic mass is 9.99. The predicted molar refractivity (Wildman–Crippen MR) is 87.9 cm³/mol. The van der Waals surface area contributed by atoms with Crippen molar-refractivity contribution in [2.75, 3.05) is 31.5 Å². The lowest BCUT2D eigenvalue weighted by molar-refractivity contribution is 0.199. The summed E-state index contributed by atoms with van der Waals surface area (Å²) >= 11 is 5.99. The van der Waals surface area contributed by atoms with Gasteiger partial charge in [0, 0.05) is 18.5 Å². The second-order valence-corrected chi connectivity index (χ2v) is 6.15. The highest BCUT2D eigenvalue weighted by Crippen LogP contribution is 2.21. The van der Waals surface area contributed by atoms with Crippen LogP contribution >= 0.6 is 11.6 Å². The summed E-state index contributed by atoms with van der Waals surface area (Å²) in [5.41, 5.74) is 0.881. The van der Waals surface area contributed by atoms with E-state index in [9.17, 15) is 0 Å².